The fourth-order valence-electron chi connectivity index (χ4n) is 2.60. The summed E-state index contributed by atoms with van der Waals surface area (Å²) in [5.41, 5.74) is 0.759. The second-order valence-electron chi connectivity index (χ2n) is 6.02. The average molecular weight is 309 g/mol. The van der Waals surface area contributed by atoms with Crippen molar-refractivity contribution in [2.75, 3.05) is 13.1 Å². The zero-order valence-corrected chi connectivity index (χ0v) is 13.2. The van der Waals surface area contributed by atoms with E-state index in [1.165, 1.54) is 0 Å². The van der Waals surface area contributed by atoms with Crippen LogP contribution < -0.4 is 5.32 Å². The number of carboxylic acid groups (broad SMARTS) is 1. The Hall–Kier alpha value is -1.89. The van der Waals surface area contributed by atoms with E-state index in [-0.39, 0.29) is 36.2 Å². The van der Waals surface area contributed by atoms with Gasteiger partial charge in [-0.2, -0.15) is 0 Å². The van der Waals surface area contributed by atoms with Crippen LogP contribution in [0.3, 0.4) is 0 Å². The monoisotopic (exact) mass is 309 g/mol. The molecule has 1 aromatic rings. The highest BCUT2D eigenvalue weighted by Crippen LogP contribution is 2.26. The zero-order valence-electron chi connectivity index (χ0n) is 13.2. The summed E-state index contributed by atoms with van der Waals surface area (Å²) in [6.45, 7) is 6.64. The van der Waals surface area contributed by atoms with Gasteiger partial charge in [-0.15, -0.1) is 0 Å². The van der Waals surface area contributed by atoms with E-state index in [0.717, 1.165) is 18.5 Å². The molecule has 2 rings (SSSR count). The standard InChI is InChI=1S/C15H23N3O4/c1-4-18(8-14(19)20)11-5-10(6-11)16-15(21)13-7-12(9(2)3)17-22-13/h7,9-11H,4-6,8H2,1-3H3,(H,16,21)(H,19,20). The highest BCUT2D eigenvalue weighted by molar-refractivity contribution is 5.91. The molecule has 2 N–H and O–H groups in total. The van der Waals surface area contributed by atoms with Gasteiger partial charge < -0.3 is 14.9 Å². The molecule has 0 bridgehead atoms. The van der Waals surface area contributed by atoms with Crippen LogP contribution in [-0.2, 0) is 4.79 Å². The minimum atomic E-state index is -0.822. The van der Waals surface area contributed by atoms with Crippen molar-refractivity contribution >= 4 is 11.9 Å². The molecule has 0 spiro atoms. The fraction of sp³-hybridized carbons (Fsp3) is 0.667. The average Bonchev–Trinajstić information content (AvgIpc) is 2.89. The maximum Gasteiger partial charge on any atom is 0.317 e. The Labute approximate surface area is 129 Å². The Bertz CT molecular complexity index is 535. The highest BCUT2D eigenvalue weighted by atomic mass is 16.5. The van der Waals surface area contributed by atoms with Crippen LogP contribution in [0.2, 0.25) is 0 Å². The summed E-state index contributed by atoms with van der Waals surface area (Å²) in [6.07, 6.45) is 1.52. The minimum Gasteiger partial charge on any atom is -0.480 e. The van der Waals surface area contributed by atoms with Crippen molar-refractivity contribution in [3.63, 3.8) is 0 Å². The van der Waals surface area contributed by atoms with Gasteiger partial charge in [0.2, 0.25) is 5.76 Å². The van der Waals surface area contributed by atoms with Crippen molar-refractivity contribution in [1.82, 2.24) is 15.4 Å². The summed E-state index contributed by atoms with van der Waals surface area (Å²) < 4.78 is 5.06. The predicted molar refractivity (Wildman–Crippen MR) is 79.8 cm³/mol. The molecule has 7 nitrogen and oxygen atoms in total. The van der Waals surface area contributed by atoms with Gasteiger partial charge in [0.05, 0.1) is 12.2 Å². The van der Waals surface area contributed by atoms with E-state index in [9.17, 15) is 9.59 Å². The van der Waals surface area contributed by atoms with E-state index in [0.29, 0.717) is 6.54 Å². The van der Waals surface area contributed by atoms with Gasteiger partial charge in [0.1, 0.15) is 0 Å². The van der Waals surface area contributed by atoms with Gasteiger partial charge in [0, 0.05) is 18.2 Å². The fourth-order valence-corrected chi connectivity index (χ4v) is 2.60. The van der Waals surface area contributed by atoms with Crippen LogP contribution >= 0.6 is 0 Å². The van der Waals surface area contributed by atoms with Crippen LogP contribution in [0.1, 0.15) is 55.8 Å². The number of hydrogen-bond donors (Lipinski definition) is 2. The molecule has 1 aliphatic carbocycles. The molecule has 1 fully saturated rings. The van der Waals surface area contributed by atoms with Gasteiger partial charge >= 0.3 is 5.97 Å². The highest BCUT2D eigenvalue weighted by Gasteiger charge is 2.35. The molecular formula is C15H23N3O4. The van der Waals surface area contributed by atoms with Crippen LogP contribution in [0.15, 0.2) is 10.6 Å². The van der Waals surface area contributed by atoms with Gasteiger partial charge in [-0.25, -0.2) is 0 Å². The maximum atomic E-state index is 12.1. The molecule has 1 aromatic heterocycles. The minimum absolute atomic E-state index is 0.0433. The number of nitrogens with one attached hydrogen (secondary N) is 1. The lowest BCUT2D eigenvalue weighted by molar-refractivity contribution is -0.139. The molecule has 22 heavy (non-hydrogen) atoms. The van der Waals surface area contributed by atoms with E-state index >= 15 is 0 Å². The number of carboxylic acids is 1. The molecule has 0 aliphatic heterocycles. The molecule has 0 aromatic carbocycles. The Kier molecular flexibility index (Phi) is 5.18. The molecule has 1 heterocycles. The normalized spacial score (nSPS) is 21.0. The van der Waals surface area contributed by atoms with Gasteiger partial charge in [0.25, 0.3) is 5.91 Å². The quantitative estimate of drug-likeness (QED) is 0.792. The van der Waals surface area contributed by atoms with E-state index in [2.05, 4.69) is 10.5 Å². The maximum absolute atomic E-state index is 12.1. The number of likely N-dealkylation sites (N-methyl/N-ethyl adjacent to an activating group) is 1. The van der Waals surface area contributed by atoms with Gasteiger partial charge in [-0.3, -0.25) is 14.5 Å². The Balaban J connectivity index is 1.81. The third-order valence-electron chi connectivity index (χ3n) is 4.05. The van der Waals surface area contributed by atoms with Gasteiger partial charge in [0.15, 0.2) is 0 Å². The number of hydrogen-bond acceptors (Lipinski definition) is 5. The summed E-state index contributed by atoms with van der Waals surface area (Å²) in [6, 6.07) is 1.94. The molecule has 0 radical (unpaired) electrons. The lowest BCUT2D eigenvalue weighted by atomic mass is 9.85. The molecule has 7 heteroatoms. The third-order valence-corrected chi connectivity index (χ3v) is 4.05. The van der Waals surface area contributed by atoms with Crippen molar-refractivity contribution in [2.45, 2.75) is 51.6 Å². The molecule has 0 unspecified atom stereocenters. The summed E-state index contributed by atoms with van der Waals surface area (Å²) in [4.78, 5) is 24.8. The molecule has 1 amide bonds. The van der Waals surface area contributed by atoms with E-state index < -0.39 is 5.97 Å². The van der Waals surface area contributed by atoms with Crippen LogP contribution in [0.25, 0.3) is 0 Å². The lowest BCUT2D eigenvalue weighted by Crippen LogP contribution is -2.54. The molecule has 122 valence electrons. The van der Waals surface area contributed by atoms with Gasteiger partial charge in [-0.1, -0.05) is 25.9 Å². The van der Waals surface area contributed by atoms with Crippen LogP contribution in [0.5, 0.6) is 0 Å². The summed E-state index contributed by atoms with van der Waals surface area (Å²) in [5.74, 6) is -0.640. The smallest absolute Gasteiger partial charge is 0.317 e. The summed E-state index contributed by atoms with van der Waals surface area (Å²) >= 11 is 0. The number of rotatable bonds is 7. The third kappa shape index (κ3) is 3.85. The number of carbonyl (C=O) groups is 2. The lowest BCUT2D eigenvalue weighted by Gasteiger charge is -2.42. The van der Waals surface area contributed by atoms with Gasteiger partial charge in [-0.05, 0) is 25.3 Å². The van der Waals surface area contributed by atoms with E-state index in [1.54, 1.807) is 6.07 Å². The van der Waals surface area contributed by atoms with Crippen molar-refractivity contribution in [3.8, 4) is 0 Å². The van der Waals surface area contributed by atoms with Crippen LogP contribution in [0.4, 0.5) is 0 Å². The molecule has 0 atom stereocenters. The first-order chi connectivity index (χ1) is 10.4. The summed E-state index contributed by atoms with van der Waals surface area (Å²) in [7, 11) is 0. The van der Waals surface area contributed by atoms with Crippen molar-refractivity contribution in [1.29, 1.82) is 0 Å². The second kappa shape index (κ2) is 6.91. The molecule has 1 saturated carbocycles. The Morgan fingerprint density at radius 2 is 2.18 bits per heavy atom. The first-order valence-corrected chi connectivity index (χ1v) is 7.64. The largest absolute Gasteiger partial charge is 0.480 e. The van der Waals surface area contributed by atoms with Crippen LogP contribution in [-0.4, -0.2) is 52.2 Å². The topological polar surface area (TPSA) is 95.7 Å². The number of amides is 1. The number of aliphatic carboxylic acids is 1. The Morgan fingerprint density at radius 1 is 1.50 bits per heavy atom. The number of carbonyl (C=O) groups excluding carboxylic acids is 1. The van der Waals surface area contributed by atoms with Crippen molar-refractivity contribution in [3.05, 3.63) is 17.5 Å². The Morgan fingerprint density at radius 3 is 2.68 bits per heavy atom. The second-order valence-corrected chi connectivity index (χ2v) is 6.02. The number of aromatic nitrogens is 1. The molecule has 1 aliphatic rings. The summed E-state index contributed by atoms with van der Waals surface area (Å²) in [5, 5.41) is 15.6. The SMILES string of the molecule is CCN(CC(=O)O)C1CC(NC(=O)c2cc(C(C)C)no2)C1. The molecule has 0 saturated heterocycles. The van der Waals surface area contributed by atoms with Crippen LogP contribution in [0, 0.1) is 0 Å². The first-order valence-electron chi connectivity index (χ1n) is 7.64. The first kappa shape index (κ1) is 16.5. The molecular weight excluding hydrogens is 286 g/mol. The van der Waals surface area contributed by atoms with E-state index in [4.69, 9.17) is 9.63 Å². The van der Waals surface area contributed by atoms with Crippen molar-refractivity contribution < 1.29 is 19.2 Å². The van der Waals surface area contributed by atoms with Crippen molar-refractivity contribution in [2.24, 2.45) is 0 Å². The predicted octanol–water partition coefficient (Wildman–Crippen LogP) is 1.47. The number of nitrogens with zero attached hydrogens (tertiary/aromatic N) is 2. The zero-order chi connectivity index (χ0) is 16.3. The van der Waals surface area contributed by atoms with E-state index in [1.807, 2.05) is 25.7 Å².